The van der Waals surface area contributed by atoms with Crippen molar-refractivity contribution in [1.29, 1.82) is 0 Å². The number of oxazole rings is 1. The van der Waals surface area contributed by atoms with Gasteiger partial charge in [-0.1, -0.05) is 0 Å². The standard InChI is InChI=1S/C12H13N3O3/c13-7-3-4-9-10(6-7)18-12(17)15(9)11(16)8-2-1-5-14-8/h3-4,6,8,14H,1-2,5,13H2/t8-/m0/s1. The normalized spacial score (nSPS) is 19.4. The molecule has 3 rings (SSSR count). The number of carbonyl (C=O) groups is 1. The van der Waals surface area contributed by atoms with Crippen LogP contribution < -0.4 is 16.8 Å². The molecule has 0 bridgehead atoms. The molecule has 1 fully saturated rings. The van der Waals surface area contributed by atoms with E-state index in [9.17, 15) is 9.59 Å². The second kappa shape index (κ2) is 3.99. The summed E-state index contributed by atoms with van der Waals surface area (Å²) in [6.45, 7) is 0.799. The number of nitrogens with zero attached hydrogens (tertiary/aromatic N) is 1. The number of nitrogens with one attached hydrogen (secondary N) is 1. The Morgan fingerprint density at radius 1 is 1.50 bits per heavy atom. The number of hydrogen-bond donors (Lipinski definition) is 2. The van der Waals surface area contributed by atoms with Crippen molar-refractivity contribution in [2.75, 3.05) is 12.3 Å². The lowest BCUT2D eigenvalue weighted by Crippen LogP contribution is -2.38. The molecule has 1 saturated heterocycles. The van der Waals surface area contributed by atoms with E-state index in [1.807, 2.05) is 0 Å². The zero-order valence-electron chi connectivity index (χ0n) is 9.68. The Morgan fingerprint density at radius 2 is 2.33 bits per heavy atom. The van der Waals surface area contributed by atoms with E-state index in [0.29, 0.717) is 16.8 Å². The number of hydrogen-bond acceptors (Lipinski definition) is 5. The highest BCUT2D eigenvalue weighted by Crippen LogP contribution is 2.17. The fraction of sp³-hybridized carbons (Fsp3) is 0.333. The average Bonchev–Trinajstić information content (AvgIpc) is 2.94. The monoisotopic (exact) mass is 247 g/mol. The van der Waals surface area contributed by atoms with Crippen LogP contribution in [0.5, 0.6) is 0 Å². The summed E-state index contributed by atoms with van der Waals surface area (Å²) in [6, 6.07) is 4.51. The molecule has 2 heterocycles. The SMILES string of the molecule is Nc1ccc2c(c1)oc(=O)n2C(=O)[C@@H]1CCCN1. The van der Waals surface area contributed by atoms with Crippen molar-refractivity contribution in [2.24, 2.45) is 0 Å². The lowest BCUT2D eigenvalue weighted by atomic mass is 10.2. The minimum Gasteiger partial charge on any atom is -0.407 e. The van der Waals surface area contributed by atoms with Gasteiger partial charge in [-0.05, 0) is 31.5 Å². The third-order valence-electron chi connectivity index (χ3n) is 3.18. The molecule has 0 saturated carbocycles. The summed E-state index contributed by atoms with van der Waals surface area (Å²) in [4.78, 5) is 24.0. The number of fused-ring (bicyclic) bond motifs is 1. The van der Waals surface area contributed by atoms with Crippen LogP contribution in [0.1, 0.15) is 17.6 Å². The second-order valence-electron chi connectivity index (χ2n) is 4.42. The third-order valence-corrected chi connectivity index (χ3v) is 3.18. The van der Waals surface area contributed by atoms with Crippen LogP contribution in [-0.4, -0.2) is 23.1 Å². The molecule has 18 heavy (non-hydrogen) atoms. The Balaban J connectivity index is 2.13. The first-order valence-corrected chi connectivity index (χ1v) is 5.85. The van der Waals surface area contributed by atoms with Gasteiger partial charge in [0, 0.05) is 11.8 Å². The van der Waals surface area contributed by atoms with Crippen LogP contribution in [0.2, 0.25) is 0 Å². The highest BCUT2D eigenvalue weighted by atomic mass is 16.4. The Hall–Kier alpha value is -2.08. The van der Waals surface area contributed by atoms with Crippen molar-refractivity contribution in [2.45, 2.75) is 18.9 Å². The molecule has 6 heteroatoms. The van der Waals surface area contributed by atoms with Crippen LogP contribution in [0.4, 0.5) is 5.69 Å². The summed E-state index contributed by atoms with van der Waals surface area (Å²) in [5, 5.41) is 3.07. The second-order valence-corrected chi connectivity index (χ2v) is 4.42. The van der Waals surface area contributed by atoms with Gasteiger partial charge in [-0.2, -0.15) is 0 Å². The quantitative estimate of drug-likeness (QED) is 0.719. The minimum atomic E-state index is -0.658. The Morgan fingerprint density at radius 3 is 3.06 bits per heavy atom. The highest BCUT2D eigenvalue weighted by Gasteiger charge is 2.27. The summed E-state index contributed by atoms with van der Waals surface area (Å²) in [5.41, 5.74) is 6.91. The third kappa shape index (κ3) is 1.62. The summed E-state index contributed by atoms with van der Waals surface area (Å²) in [6.07, 6.45) is 1.68. The number of rotatable bonds is 1. The number of aromatic nitrogens is 1. The number of anilines is 1. The fourth-order valence-electron chi connectivity index (χ4n) is 2.30. The molecule has 3 N–H and O–H groups in total. The Bertz CT molecular complexity index is 665. The minimum absolute atomic E-state index is 0.263. The molecule has 94 valence electrons. The van der Waals surface area contributed by atoms with E-state index < -0.39 is 5.76 Å². The van der Waals surface area contributed by atoms with Crippen LogP contribution in [0.3, 0.4) is 0 Å². The maximum absolute atomic E-state index is 12.2. The molecule has 1 aliphatic heterocycles. The van der Waals surface area contributed by atoms with Gasteiger partial charge in [0.2, 0.25) is 0 Å². The smallest absolute Gasteiger partial charge is 0.407 e. The van der Waals surface area contributed by atoms with Crippen LogP contribution in [-0.2, 0) is 0 Å². The number of carbonyl (C=O) groups excluding carboxylic acids is 1. The molecule has 0 unspecified atom stereocenters. The van der Waals surface area contributed by atoms with Crippen LogP contribution in [0.15, 0.2) is 27.4 Å². The molecule has 0 amide bonds. The molecule has 0 aliphatic carbocycles. The lowest BCUT2D eigenvalue weighted by molar-refractivity contribution is 0.0866. The van der Waals surface area contributed by atoms with Crippen LogP contribution in [0, 0.1) is 0 Å². The zero-order valence-corrected chi connectivity index (χ0v) is 9.68. The Labute approximate surface area is 102 Å². The van der Waals surface area contributed by atoms with Gasteiger partial charge >= 0.3 is 5.76 Å². The van der Waals surface area contributed by atoms with Gasteiger partial charge in [-0.3, -0.25) is 4.79 Å². The largest absolute Gasteiger partial charge is 0.426 e. The summed E-state index contributed by atoms with van der Waals surface area (Å²) >= 11 is 0. The van der Waals surface area contributed by atoms with Gasteiger partial charge in [0.25, 0.3) is 5.91 Å². The van der Waals surface area contributed by atoms with Gasteiger partial charge < -0.3 is 15.5 Å². The van der Waals surface area contributed by atoms with Crippen LogP contribution >= 0.6 is 0 Å². The molecule has 0 spiro atoms. The summed E-state index contributed by atoms with van der Waals surface area (Å²) in [7, 11) is 0. The van der Waals surface area contributed by atoms with E-state index in [0.717, 1.165) is 24.0 Å². The fourth-order valence-corrected chi connectivity index (χ4v) is 2.30. The lowest BCUT2D eigenvalue weighted by Gasteiger charge is -2.08. The summed E-state index contributed by atoms with van der Waals surface area (Å²) < 4.78 is 6.12. The number of benzene rings is 1. The van der Waals surface area contributed by atoms with Gasteiger partial charge in [0.1, 0.15) is 0 Å². The van der Waals surface area contributed by atoms with E-state index in [1.54, 1.807) is 18.2 Å². The van der Waals surface area contributed by atoms with Crippen molar-refractivity contribution >= 4 is 22.7 Å². The molecule has 1 aromatic heterocycles. The first kappa shape index (κ1) is 11.0. The number of nitrogen functional groups attached to an aromatic ring is 1. The van der Waals surface area contributed by atoms with Crippen molar-refractivity contribution in [3.05, 3.63) is 28.7 Å². The first-order chi connectivity index (χ1) is 8.66. The van der Waals surface area contributed by atoms with Crippen molar-refractivity contribution in [3.63, 3.8) is 0 Å². The predicted octanol–water partition coefficient (Wildman–Crippen LogP) is 0.569. The van der Waals surface area contributed by atoms with E-state index in [-0.39, 0.29) is 11.9 Å². The first-order valence-electron chi connectivity index (χ1n) is 5.85. The van der Waals surface area contributed by atoms with Gasteiger partial charge in [0.05, 0.1) is 11.6 Å². The van der Waals surface area contributed by atoms with Crippen molar-refractivity contribution < 1.29 is 9.21 Å². The van der Waals surface area contributed by atoms with Crippen molar-refractivity contribution in [3.8, 4) is 0 Å². The highest BCUT2D eigenvalue weighted by molar-refractivity contribution is 5.93. The van der Waals surface area contributed by atoms with E-state index >= 15 is 0 Å². The molecular weight excluding hydrogens is 234 g/mol. The molecule has 6 nitrogen and oxygen atoms in total. The van der Waals surface area contributed by atoms with Gasteiger partial charge in [0.15, 0.2) is 5.58 Å². The summed E-state index contributed by atoms with van der Waals surface area (Å²) in [5.74, 6) is -0.921. The molecule has 0 radical (unpaired) electrons. The molecule has 1 aromatic carbocycles. The molecular formula is C12H13N3O3. The van der Waals surface area contributed by atoms with Gasteiger partial charge in [-0.15, -0.1) is 0 Å². The van der Waals surface area contributed by atoms with Gasteiger partial charge in [-0.25, -0.2) is 9.36 Å². The van der Waals surface area contributed by atoms with Crippen molar-refractivity contribution in [1.82, 2.24) is 9.88 Å². The molecule has 1 aliphatic rings. The topological polar surface area (TPSA) is 90.3 Å². The van der Waals surface area contributed by atoms with E-state index in [2.05, 4.69) is 5.32 Å². The Kier molecular flexibility index (Phi) is 2.45. The predicted molar refractivity (Wildman–Crippen MR) is 66.5 cm³/mol. The zero-order chi connectivity index (χ0) is 12.7. The van der Waals surface area contributed by atoms with E-state index in [1.165, 1.54) is 0 Å². The molecule has 2 aromatic rings. The van der Waals surface area contributed by atoms with E-state index in [4.69, 9.17) is 10.2 Å². The maximum atomic E-state index is 12.2. The van der Waals surface area contributed by atoms with Crippen LogP contribution in [0.25, 0.3) is 11.1 Å². The number of nitrogens with two attached hydrogens (primary N) is 1. The maximum Gasteiger partial charge on any atom is 0.426 e. The molecule has 1 atom stereocenters. The average molecular weight is 247 g/mol.